The van der Waals surface area contributed by atoms with Crippen LogP contribution in [-0.2, 0) is 11.2 Å². The van der Waals surface area contributed by atoms with Crippen LogP contribution in [0.25, 0.3) is 11.3 Å². The number of hydrogen-bond donors (Lipinski definition) is 2. The van der Waals surface area contributed by atoms with Crippen molar-refractivity contribution in [1.82, 2.24) is 5.43 Å². The molecule has 0 aliphatic rings. The number of hydrazone groups is 1. The van der Waals surface area contributed by atoms with Crippen molar-refractivity contribution in [3.8, 4) is 17.1 Å². The number of carbonyl (C=O) groups is 2. The van der Waals surface area contributed by atoms with Crippen molar-refractivity contribution in [3.05, 3.63) is 77.0 Å². The summed E-state index contributed by atoms with van der Waals surface area (Å²) in [7, 11) is 1.57. The number of aromatic carboxylic acids is 1. The van der Waals surface area contributed by atoms with Crippen LogP contribution >= 0.6 is 0 Å². The zero-order chi connectivity index (χ0) is 20.8. The third kappa shape index (κ3) is 5.10. The Morgan fingerprint density at radius 3 is 2.72 bits per heavy atom. The van der Waals surface area contributed by atoms with Crippen LogP contribution in [-0.4, -0.2) is 30.3 Å². The summed E-state index contributed by atoms with van der Waals surface area (Å²) in [5.74, 6) is 0.499. The molecule has 0 aliphatic carbocycles. The van der Waals surface area contributed by atoms with Crippen LogP contribution in [0.5, 0.6) is 5.75 Å². The number of methoxy groups -OCH3 is 1. The Labute approximate surface area is 167 Å². The molecule has 0 fully saturated rings. The average Bonchev–Trinajstić information content (AvgIpc) is 3.16. The summed E-state index contributed by atoms with van der Waals surface area (Å²) in [5, 5.41) is 13.0. The predicted molar refractivity (Wildman–Crippen MR) is 108 cm³/mol. The SMILES string of the molecule is COc1cccc(CC(=O)N/N=C/c2ccc(-c3ccc(C(=O)O)cc3C)o2)c1. The van der Waals surface area contributed by atoms with Crippen molar-refractivity contribution in [2.24, 2.45) is 5.10 Å². The standard InChI is InChI=1S/C22H20N2O5/c1-14-10-16(22(26)27)6-8-19(14)20-9-7-18(29-20)13-23-24-21(25)12-15-4-3-5-17(11-15)28-2/h3-11,13H,12H2,1-2H3,(H,24,25)(H,26,27)/b23-13+. The van der Waals surface area contributed by atoms with Gasteiger partial charge in [-0.25, -0.2) is 10.2 Å². The molecule has 1 amide bonds. The Bertz CT molecular complexity index is 1070. The van der Waals surface area contributed by atoms with E-state index in [0.717, 1.165) is 16.7 Å². The number of benzene rings is 2. The number of nitrogens with one attached hydrogen (secondary N) is 1. The van der Waals surface area contributed by atoms with E-state index in [0.29, 0.717) is 17.3 Å². The van der Waals surface area contributed by atoms with Crippen LogP contribution < -0.4 is 10.2 Å². The second kappa shape index (κ2) is 8.88. The molecule has 3 aromatic rings. The minimum atomic E-state index is -0.975. The number of carbonyl (C=O) groups excluding carboxylic acids is 1. The molecule has 0 atom stereocenters. The van der Waals surface area contributed by atoms with Gasteiger partial charge in [-0.1, -0.05) is 18.2 Å². The molecule has 1 aromatic heterocycles. The number of nitrogens with zero attached hydrogens (tertiary/aromatic N) is 1. The Morgan fingerprint density at radius 1 is 1.17 bits per heavy atom. The van der Waals surface area contributed by atoms with Gasteiger partial charge in [-0.05, 0) is 54.4 Å². The minimum Gasteiger partial charge on any atom is -0.497 e. The zero-order valence-electron chi connectivity index (χ0n) is 16.0. The third-order valence-corrected chi connectivity index (χ3v) is 4.25. The number of carboxylic acid groups (broad SMARTS) is 1. The molecule has 0 radical (unpaired) electrons. The van der Waals surface area contributed by atoms with E-state index in [-0.39, 0.29) is 17.9 Å². The van der Waals surface area contributed by atoms with E-state index in [1.54, 1.807) is 37.4 Å². The number of rotatable bonds is 7. The summed E-state index contributed by atoms with van der Waals surface area (Å²) in [6.07, 6.45) is 1.58. The van der Waals surface area contributed by atoms with Crippen molar-refractivity contribution in [3.63, 3.8) is 0 Å². The highest BCUT2D eigenvalue weighted by Crippen LogP contribution is 2.26. The van der Waals surface area contributed by atoms with E-state index in [2.05, 4.69) is 10.5 Å². The second-order valence-electron chi connectivity index (χ2n) is 6.36. The Morgan fingerprint density at radius 2 is 2.00 bits per heavy atom. The Hall–Kier alpha value is -3.87. The van der Waals surface area contributed by atoms with E-state index in [1.807, 2.05) is 25.1 Å². The molecular weight excluding hydrogens is 372 g/mol. The molecule has 0 bridgehead atoms. The van der Waals surface area contributed by atoms with E-state index in [4.69, 9.17) is 14.3 Å². The number of amides is 1. The van der Waals surface area contributed by atoms with Gasteiger partial charge in [0, 0.05) is 5.56 Å². The first-order valence-corrected chi connectivity index (χ1v) is 8.85. The van der Waals surface area contributed by atoms with Crippen LogP contribution in [0.3, 0.4) is 0 Å². The summed E-state index contributed by atoms with van der Waals surface area (Å²) in [5.41, 5.74) is 5.07. The summed E-state index contributed by atoms with van der Waals surface area (Å²) in [6.45, 7) is 1.82. The van der Waals surface area contributed by atoms with Gasteiger partial charge in [-0.3, -0.25) is 4.79 Å². The van der Waals surface area contributed by atoms with Gasteiger partial charge >= 0.3 is 5.97 Å². The van der Waals surface area contributed by atoms with Gasteiger partial charge < -0.3 is 14.3 Å². The van der Waals surface area contributed by atoms with Crippen LogP contribution in [0.4, 0.5) is 0 Å². The highest BCUT2D eigenvalue weighted by Gasteiger charge is 2.10. The molecule has 0 spiro atoms. The number of furan rings is 1. The lowest BCUT2D eigenvalue weighted by Gasteiger charge is -2.04. The smallest absolute Gasteiger partial charge is 0.335 e. The van der Waals surface area contributed by atoms with Gasteiger partial charge in [-0.2, -0.15) is 5.10 Å². The summed E-state index contributed by atoms with van der Waals surface area (Å²) < 4.78 is 10.9. The molecule has 2 N–H and O–H groups in total. The number of carboxylic acids is 1. The summed E-state index contributed by atoms with van der Waals surface area (Å²) in [6, 6.07) is 15.6. The van der Waals surface area contributed by atoms with Crippen LogP contribution in [0.15, 0.2) is 64.1 Å². The number of ether oxygens (including phenoxy) is 1. The predicted octanol–water partition coefficient (Wildman–Crippen LogP) is 3.65. The topological polar surface area (TPSA) is 101 Å². The van der Waals surface area contributed by atoms with Crippen molar-refractivity contribution < 1.29 is 23.8 Å². The monoisotopic (exact) mass is 392 g/mol. The van der Waals surface area contributed by atoms with Gasteiger partial charge in [0.2, 0.25) is 5.91 Å². The first-order chi connectivity index (χ1) is 14.0. The van der Waals surface area contributed by atoms with Gasteiger partial charge in [0.1, 0.15) is 17.3 Å². The molecule has 29 heavy (non-hydrogen) atoms. The van der Waals surface area contributed by atoms with E-state index in [9.17, 15) is 9.59 Å². The van der Waals surface area contributed by atoms with Crippen molar-refractivity contribution in [2.75, 3.05) is 7.11 Å². The first kappa shape index (κ1) is 19.9. The first-order valence-electron chi connectivity index (χ1n) is 8.85. The largest absolute Gasteiger partial charge is 0.497 e. The van der Waals surface area contributed by atoms with Gasteiger partial charge in [-0.15, -0.1) is 0 Å². The van der Waals surface area contributed by atoms with E-state index < -0.39 is 5.97 Å². The van der Waals surface area contributed by atoms with Crippen molar-refractivity contribution in [2.45, 2.75) is 13.3 Å². The molecule has 3 rings (SSSR count). The fraction of sp³-hybridized carbons (Fsp3) is 0.136. The maximum Gasteiger partial charge on any atom is 0.335 e. The number of hydrogen-bond acceptors (Lipinski definition) is 5. The molecule has 0 saturated carbocycles. The van der Waals surface area contributed by atoms with E-state index >= 15 is 0 Å². The average molecular weight is 392 g/mol. The summed E-state index contributed by atoms with van der Waals surface area (Å²) in [4.78, 5) is 23.1. The lowest BCUT2D eigenvalue weighted by Crippen LogP contribution is -2.19. The zero-order valence-corrected chi connectivity index (χ0v) is 16.0. The minimum absolute atomic E-state index is 0.174. The molecule has 0 unspecified atom stereocenters. The molecule has 0 aliphatic heterocycles. The highest BCUT2D eigenvalue weighted by molar-refractivity contribution is 5.89. The molecule has 7 nitrogen and oxygen atoms in total. The van der Waals surface area contributed by atoms with Crippen molar-refractivity contribution >= 4 is 18.1 Å². The fourth-order valence-corrected chi connectivity index (χ4v) is 2.82. The molecule has 148 valence electrons. The molecule has 2 aromatic carbocycles. The quantitative estimate of drug-likeness (QED) is 0.472. The molecule has 7 heteroatoms. The lowest BCUT2D eigenvalue weighted by atomic mass is 10.0. The highest BCUT2D eigenvalue weighted by atomic mass is 16.5. The van der Waals surface area contributed by atoms with Crippen LogP contribution in [0.2, 0.25) is 0 Å². The molecule has 0 saturated heterocycles. The third-order valence-electron chi connectivity index (χ3n) is 4.25. The summed E-state index contributed by atoms with van der Waals surface area (Å²) >= 11 is 0. The van der Waals surface area contributed by atoms with Gasteiger partial charge in [0.05, 0.1) is 25.3 Å². The molecular formula is C22H20N2O5. The van der Waals surface area contributed by atoms with Crippen LogP contribution in [0, 0.1) is 6.92 Å². The fourth-order valence-electron chi connectivity index (χ4n) is 2.82. The Balaban J connectivity index is 1.61. The normalized spacial score (nSPS) is 10.8. The van der Waals surface area contributed by atoms with Gasteiger partial charge in [0.15, 0.2) is 0 Å². The van der Waals surface area contributed by atoms with Gasteiger partial charge in [0.25, 0.3) is 0 Å². The molecule has 1 heterocycles. The van der Waals surface area contributed by atoms with E-state index in [1.165, 1.54) is 12.3 Å². The van der Waals surface area contributed by atoms with Crippen LogP contribution in [0.1, 0.15) is 27.2 Å². The lowest BCUT2D eigenvalue weighted by molar-refractivity contribution is -0.120. The number of aryl methyl sites for hydroxylation is 1. The maximum atomic E-state index is 12.0. The van der Waals surface area contributed by atoms with Crippen molar-refractivity contribution in [1.29, 1.82) is 0 Å². The second-order valence-corrected chi connectivity index (χ2v) is 6.36. The maximum absolute atomic E-state index is 12.0. The Kier molecular flexibility index (Phi) is 6.09.